The van der Waals surface area contributed by atoms with Gasteiger partial charge in [0.1, 0.15) is 0 Å². The van der Waals surface area contributed by atoms with Crippen molar-refractivity contribution in [3.05, 3.63) is 74.2 Å². The van der Waals surface area contributed by atoms with Crippen LogP contribution in [0.5, 0.6) is 0 Å². The van der Waals surface area contributed by atoms with Crippen LogP contribution < -0.4 is 5.32 Å². The van der Waals surface area contributed by atoms with Crippen LogP contribution in [0.4, 0.5) is 5.69 Å². The Hall–Kier alpha value is -1.72. The molecule has 0 spiro atoms. The summed E-state index contributed by atoms with van der Waals surface area (Å²) < 4.78 is 0.726. The summed E-state index contributed by atoms with van der Waals surface area (Å²) in [5.74, 6) is 0.397. The van der Waals surface area contributed by atoms with Gasteiger partial charge in [-0.3, -0.25) is 10.1 Å². The van der Waals surface area contributed by atoms with Crippen LogP contribution in [0.15, 0.2) is 53.0 Å². The van der Waals surface area contributed by atoms with Crippen LogP contribution in [0.1, 0.15) is 24.0 Å². The quantitative estimate of drug-likeness (QED) is 0.627. The highest BCUT2D eigenvalue weighted by molar-refractivity contribution is 9.10. The molecule has 0 aliphatic carbocycles. The lowest BCUT2D eigenvalue weighted by atomic mass is 10.0. The van der Waals surface area contributed by atoms with E-state index in [1.54, 1.807) is 6.07 Å². The minimum absolute atomic E-state index is 0.109. The molecular formula is C16H17BrN2O2. The van der Waals surface area contributed by atoms with Gasteiger partial charge in [-0.2, -0.15) is 0 Å². The molecule has 2 aromatic carbocycles. The van der Waals surface area contributed by atoms with Crippen molar-refractivity contribution in [2.45, 2.75) is 19.4 Å². The van der Waals surface area contributed by atoms with E-state index < -0.39 is 0 Å². The molecule has 0 fully saturated rings. The lowest BCUT2D eigenvalue weighted by Crippen LogP contribution is -2.19. The Morgan fingerprint density at radius 3 is 2.62 bits per heavy atom. The van der Waals surface area contributed by atoms with Gasteiger partial charge in [0, 0.05) is 29.7 Å². The van der Waals surface area contributed by atoms with E-state index in [9.17, 15) is 10.1 Å². The normalized spacial score (nSPS) is 12.1. The van der Waals surface area contributed by atoms with E-state index in [0.29, 0.717) is 12.5 Å². The summed E-state index contributed by atoms with van der Waals surface area (Å²) in [6.45, 7) is 3.59. The molecule has 1 atom stereocenters. The number of non-ortho nitro benzene ring substituents is 1. The number of halogens is 1. The monoisotopic (exact) mass is 348 g/mol. The van der Waals surface area contributed by atoms with Crippen molar-refractivity contribution in [2.75, 3.05) is 6.54 Å². The number of nitrogens with one attached hydrogen (secondary N) is 1. The van der Waals surface area contributed by atoms with Crippen LogP contribution >= 0.6 is 15.9 Å². The predicted molar refractivity (Wildman–Crippen MR) is 87.4 cm³/mol. The minimum atomic E-state index is -0.374. The molecule has 0 aliphatic rings. The largest absolute Gasteiger partial charge is 0.312 e. The van der Waals surface area contributed by atoms with Gasteiger partial charge >= 0.3 is 0 Å². The van der Waals surface area contributed by atoms with Crippen LogP contribution in [0.3, 0.4) is 0 Å². The number of hydrogen-bond donors (Lipinski definition) is 1. The third kappa shape index (κ3) is 4.65. The van der Waals surface area contributed by atoms with Crippen molar-refractivity contribution < 1.29 is 4.92 Å². The zero-order valence-electron chi connectivity index (χ0n) is 11.8. The molecule has 0 radical (unpaired) electrons. The Balaban J connectivity index is 1.93. The second-order valence-electron chi connectivity index (χ2n) is 5.02. The van der Waals surface area contributed by atoms with E-state index in [-0.39, 0.29) is 10.6 Å². The fourth-order valence-electron chi connectivity index (χ4n) is 2.17. The zero-order chi connectivity index (χ0) is 15.2. The number of rotatable bonds is 6. The second kappa shape index (κ2) is 7.33. The van der Waals surface area contributed by atoms with Crippen LogP contribution in [0.25, 0.3) is 0 Å². The number of nitro benzene ring substituents is 1. The van der Waals surface area contributed by atoms with E-state index in [4.69, 9.17) is 0 Å². The maximum absolute atomic E-state index is 10.8. The maximum Gasteiger partial charge on any atom is 0.270 e. The van der Waals surface area contributed by atoms with Gasteiger partial charge in [-0.1, -0.05) is 53.2 Å². The first-order chi connectivity index (χ1) is 10.1. The highest BCUT2D eigenvalue weighted by Gasteiger charge is 2.09. The first kappa shape index (κ1) is 15.7. The summed E-state index contributed by atoms with van der Waals surface area (Å²) in [6, 6.07) is 15.3. The topological polar surface area (TPSA) is 55.2 Å². The van der Waals surface area contributed by atoms with Crippen LogP contribution in [-0.2, 0) is 6.54 Å². The molecule has 0 aliphatic heterocycles. The molecule has 2 rings (SSSR count). The van der Waals surface area contributed by atoms with Crippen molar-refractivity contribution in [3.63, 3.8) is 0 Å². The molecule has 0 saturated heterocycles. The Bertz CT molecular complexity index is 617. The molecular weight excluding hydrogens is 332 g/mol. The van der Waals surface area contributed by atoms with Crippen molar-refractivity contribution >= 4 is 21.6 Å². The van der Waals surface area contributed by atoms with E-state index in [1.165, 1.54) is 11.6 Å². The first-order valence-electron chi connectivity index (χ1n) is 6.76. The number of nitro groups is 1. The molecule has 0 aromatic heterocycles. The zero-order valence-corrected chi connectivity index (χ0v) is 13.3. The van der Waals surface area contributed by atoms with Gasteiger partial charge in [0.2, 0.25) is 0 Å². The standard InChI is InChI=1S/C16H17BrN2O2/c1-12(14-5-3-2-4-6-14)10-18-11-13-7-15(17)9-16(8-13)19(20)21/h2-9,12,18H,10-11H2,1H3. The van der Waals surface area contributed by atoms with Crippen LogP contribution in [-0.4, -0.2) is 11.5 Å². The SMILES string of the molecule is CC(CNCc1cc(Br)cc([N+](=O)[O-])c1)c1ccccc1. The molecule has 4 nitrogen and oxygen atoms in total. The molecule has 110 valence electrons. The molecule has 2 aromatic rings. The summed E-state index contributed by atoms with van der Waals surface area (Å²) >= 11 is 3.31. The molecule has 5 heteroatoms. The number of benzene rings is 2. The summed E-state index contributed by atoms with van der Waals surface area (Å²) in [6.07, 6.45) is 0. The van der Waals surface area contributed by atoms with E-state index >= 15 is 0 Å². The smallest absolute Gasteiger partial charge is 0.270 e. The van der Waals surface area contributed by atoms with Crippen LogP contribution in [0.2, 0.25) is 0 Å². The van der Waals surface area contributed by atoms with Gasteiger partial charge in [0.15, 0.2) is 0 Å². The number of hydrogen-bond acceptors (Lipinski definition) is 3. The molecule has 0 amide bonds. The molecule has 0 heterocycles. The Labute approximate surface area is 132 Å². The van der Waals surface area contributed by atoms with Crippen molar-refractivity contribution in [1.29, 1.82) is 0 Å². The molecule has 1 unspecified atom stereocenters. The molecule has 1 N–H and O–H groups in total. The fourth-order valence-corrected chi connectivity index (χ4v) is 2.70. The van der Waals surface area contributed by atoms with E-state index in [0.717, 1.165) is 16.6 Å². The first-order valence-corrected chi connectivity index (χ1v) is 7.55. The average Bonchev–Trinajstić information content (AvgIpc) is 2.47. The minimum Gasteiger partial charge on any atom is -0.312 e. The second-order valence-corrected chi connectivity index (χ2v) is 5.93. The molecule has 0 saturated carbocycles. The summed E-state index contributed by atoms with van der Waals surface area (Å²) in [5, 5.41) is 14.2. The fraction of sp³-hybridized carbons (Fsp3) is 0.250. The Morgan fingerprint density at radius 2 is 1.95 bits per heavy atom. The van der Waals surface area contributed by atoms with Gasteiger partial charge < -0.3 is 5.32 Å². The Kier molecular flexibility index (Phi) is 5.47. The van der Waals surface area contributed by atoms with Gasteiger partial charge in [-0.15, -0.1) is 0 Å². The van der Waals surface area contributed by atoms with Gasteiger partial charge in [-0.05, 0) is 23.1 Å². The van der Waals surface area contributed by atoms with Crippen molar-refractivity contribution in [1.82, 2.24) is 5.32 Å². The third-order valence-electron chi connectivity index (χ3n) is 3.30. The van der Waals surface area contributed by atoms with Gasteiger partial charge in [-0.25, -0.2) is 0 Å². The lowest BCUT2D eigenvalue weighted by molar-refractivity contribution is -0.385. The lowest BCUT2D eigenvalue weighted by Gasteiger charge is -2.13. The van der Waals surface area contributed by atoms with E-state index in [2.05, 4.69) is 40.3 Å². The molecule has 21 heavy (non-hydrogen) atoms. The molecule has 0 bridgehead atoms. The van der Waals surface area contributed by atoms with E-state index in [1.807, 2.05) is 24.3 Å². The highest BCUT2D eigenvalue weighted by Crippen LogP contribution is 2.21. The predicted octanol–water partition coefficient (Wildman–Crippen LogP) is 4.25. The highest BCUT2D eigenvalue weighted by atomic mass is 79.9. The summed E-state index contributed by atoms with van der Waals surface area (Å²) in [7, 11) is 0. The summed E-state index contributed by atoms with van der Waals surface area (Å²) in [5.41, 5.74) is 2.29. The Morgan fingerprint density at radius 1 is 1.24 bits per heavy atom. The van der Waals surface area contributed by atoms with Crippen molar-refractivity contribution in [3.8, 4) is 0 Å². The third-order valence-corrected chi connectivity index (χ3v) is 3.76. The van der Waals surface area contributed by atoms with Gasteiger partial charge in [0.05, 0.1) is 4.92 Å². The number of nitrogens with zero attached hydrogens (tertiary/aromatic N) is 1. The average molecular weight is 349 g/mol. The van der Waals surface area contributed by atoms with Crippen molar-refractivity contribution in [2.24, 2.45) is 0 Å². The van der Waals surface area contributed by atoms with Crippen LogP contribution in [0, 0.1) is 10.1 Å². The van der Waals surface area contributed by atoms with Gasteiger partial charge in [0.25, 0.3) is 5.69 Å². The summed E-state index contributed by atoms with van der Waals surface area (Å²) in [4.78, 5) is 10.5. The maximum atomic E-state index is 10.8.